The average molecular weight is 428 g/mol. The SMILES string of the molecule is COc1ccc(NC(C=O)CN2C(c3cc(-c4ccccc4)n[nH]3)=CC=CC2C=O)cc1. The van der Waals surface area contributed by atoms with Crippen molar-refractivity contribution in [3.63, 3.8) is 0 Å². The maximum Gasteiger partial charge on any atom is 0.146 e. The fourth-order valence-corrected chi connectivity index (χ4v) is 3.65. The minimum atomic E-state index is -0.530. The lowest BCUT2D eigenvalue weighted by Crippen LogP contribution is -2.43. The first-order valence-corrected chi connectivity index (χ1v) is 10.3. The number of nitrogens with one attached hydrogen (secondary N) is 2. The quantitative estimate of drug-likeness (QED) is 0.507. The van der Waals surface area contributed by atoms with Crippen molar-refractivity contribution in [1.82, 2.24) is 15.1 Å². The van der Waals surface area contributed by atoms with Crippen LogP contribution in [-0.2, 0) is 9.59 Å². The molecule has 162 valence electrons. The summed E-state index contributed by atoms with van der Waals surface area (Å²) in [6.07, 6.45) is 7.29. The third-order valence-corrected chi connectivity index (χ3v) is 5.29. The van der Waals surface area contributed by atoms with E-state index in [0.29, 0.717) is 6.54 Å². The molecular weight excluding hydrogens is 404 g/mol. The van der Waals surface area contributed by atoms with Crippen molar-refractivity contribution in [2.24, 2.45) is 0 Å². The molecule has 0 radical (unpaired) electrons. The molecule has 2 heterocycles. The zero-order valence-electron chi connectivity index (χ0n) is 17.6. The van der Waals surface area contributed by atoms with Gasteiger partial charge in [0.05, 0.1) is 30.2 Å². The minimum absolute atomic E-state index is 0.300. The van der Waals surface area contributed by atoms with Gasteiger partial charge >= 0.3 is 0 Å². The third-order valence-electron chi connectivity index (χ3n) is 5.29. The highest BCUT2D eigenvalue weighted by molar-refractivity contribution is 5.75. The van der Waals surface area contributed by atoms with E-state index in [1.807, 2.05) is 77.7 Å². The lowest BCUT2D eigenvalue weighted by molar-refractivity contribution is -0.111. The van der Waals surface area contributed by atoms with Gasteiger partial charge < -0.3 is 24.5 Å². The van der Waals surface area contributed by atoms with Crippen LogP contribution in [0.4, 0.5) is 5.69 Å². The summed E-state index contributed by atoms with van der Waals surface area (Å²) in [6.45, 7) is 0.300. The number of methoxy groups -OCH3 is 1. The molecule has 1 aliphatic rings. The van der Waals surface area contributed by atoms with E-state index in [1.165, 1.54) is 0 Å². The van der Waals surface area contributed by atoms with Crippen LogP contribution in [0.15, 0.2) is 78.9 Å². The molecule has 1 aliphatic heterocycles. The predicted molar refractivity (Wildman–Crippen MR) is 124 cm³/mol. The Bertz CT molecular complexity index is 1120. The van der Waals surface area contributed by atoms with E-state index < -0.39 is 12.1 Å². The van der Waals surface area contributed by atoms with Crippen LogP contribution in [0.2, 0.25) is 0 Å². The van der Waals surface area contributed by atoms with E-state index in [1.54, 1.807) is 13.2 Å². The fraction of sp³-hybridized carbons (Fsp3) is 0.160. The number of allylic oxidation sites excluding steroid dienone is 2. The molecule has 2 N–H and O–H groups in total. The van der Waals surface area contributed by atoms with Crippen molar-refractivity contribution in [1.29, 1.82) is 0 Å². The minimum Gasteiger partial charge on any atom is -0.497 e. The smallest absolute Gasteiger partial charge is 0.146 e. The van der Waals surface area contributed by atoms with Crippen molar-refractivity contribution in [2.75, 3.05) is 19.0 Å². The summed E-state index contributed by atoms with van der Waals surface area (Å²) in [5.74, 6) is 0.735. The average Bonchev–Trinajstić information content (AvgIpc) is 3.35. The van der Waals surface area contributed by atoms with Gasteiger partial charge in [-0.15, -0.1) is 0 Å². The Balaban J connectivity index is 1.56. The molecule has 32 heavy (non-hydrogen) atoms. The largest absolute Gasteiger partial charge is 0.497 e. The van der Waals surface area contributed by atoms with Crippen LogP contribution in [0.25, 0.3) is 17.0 Å². The van der Waals surface area contributed by atoms with Crippen LogP contribution in [0.5, 0.6) is 5.75 Å². The molecule has 0 spiro atoms. The summed E-state index contributed by atoms with van der Waals surface area (Å²) >= 11 is 0. The Morgan fingerprint density at radius 2 is 1.94 bits per heavy atom. The maximum absolute atomic E-state index is 11.9. The van der Waals surface area contributed by atoms with Gasteiger partial charge in [0.2, 0.25) is 0 Å². The first kappa shape index (κ1) is 21.1. The van der Waals surface area contributed by atoms with Gasteiger partial charge in [-0.05, 0) is 36.4 Å². The highest BCUT2D eigenvalue weighted by Crippen LogP contribution is 2.27. The number of hydrogen-bond acceptors (Lipinski definition) is 6. The molecule has 1 aromatic heterocycles. The lowest BCUT2D eigenvalue weighted by atomic mass is 10.1. The van der Waals surface area contributed by atoms with Gasteiger partial charge in [-0.25, -0.2) is 0 Å². The summed E-state index contributed by atoms with van der Waals surface area (Å²) in [5.41, 5.74) is 4.16. The molecule has 3 aromatic rings. The number of benzene rings is 2. The number of carbonyl (C=O) groups is 2. The monoisotopic (exact) mass is 428 g/mol. The van der Waals surface area contributed by atoms with Gasteiger partial charge in [-0.2, -0.15) is 5.10 Å². The molecular formula is C25H24N4O3. The third kappa shape index (κ3) is 4.62. The molecule has 4 rings (SSSR count). The number of ether oxygens (including phenoxy) is 1. The molecule has 0 fully saturated rings. The molecule has 0 aliphatic carbocycles. The lowest BCUT2D eigenvalue weighted by Gasteiger charge is -2.34. The molecule has 0 bridgehead atoms. The second kappa shape index (κ2) is 9.78. The summed E-state index contributed by atoms with van der Waals surface area (Å²) < 4.78 is 5.18. The highest BCUT2D eigenvalue weighted by Gasteiger charge is 2.26. The number of hydrogen-bond donors (Lipinski definition) is 2. The predicted octanol–water partition coefficient (Wildman–Crippen LogP) is 3.55. The van der Waals surface area contributed by atoms with Crippen LogP contribution < -0.4 is 10.1 Å². The number of H-pyrrole nitrogens is 1. The van der Waals surface area contributed by atoms with E-state index in [-0.39, 0.29) is 0 Å². The van der Waals surface area contributed by atoms with Crippen LogP contribution in [0.1, 0.15) is 5.69 Å². The van der Waals surface area contributed by atoms with Gasteiger partial charge in [0, 0.05) is 17.8 Å². The van der Waals surface area contributed by atoms with Gasteiger partial charge in [0.25, 0.3) is 0 Å². The molecule has 2 atom stereocenters. The number of aromatic amines is 1. The number of aldehydes is 2. The topological polar surface area (TPSA) is 87.3 Å². The van der Waals surface area contributed by atoms with E-state index in [9.17, 15) is 9.59 Å². The Labute approximate surface area is 186 Å². The Morgan fingerprint density at radius 1 is 1.16 bits per heavy atom. The molecule has 0 saturated carbocycles. The Hall–Kier alpha value is -4.13. The molecule has 0 amide bonds. The van der Waals surface area contributed by atoms with Gasteiger partial charge in [0.15, 0.2) is 0 Å². The molecule has 2 unspecified atom stereocenters. The van der Waals surface area contributed by atoms with Crippen LogP contribution in [0.3, 0.4) is 0 Å². The van der Waals surface area contributed by atoms with Crippen molar-refractivity contribution in [3.8, 4) is 17.0 Å². The van der Waals surface area contributed by atoms with Crippen LogP contribution in [-0.4, -0.2) is 53.4 Å². The first-order chi connectivity index (χ1) is 15.7. The number of carbonyl (C=O) groups excluding carboxylic acids is 2. The number of anilines is 1. The maximum atomic E-state index is 11.9. The summed E-state index contributed by atoms with van der Waals surface area (Å²) in [5, 5.41) is 10.7. The normalized spacial score (nSPS) is 16.2. The zero-order chi connectivity index (χ0) is 22.3. The molecule has 0 saturated heterocycles. The van der Waals surface area contributed by atoms with Gasteiger partial charge in [-0.1, -0.05) is 42.5 Å². The Kier molecular flexibility index (Phi) is 6.46. The van der Waals surface area contributed by atoms with Crippen molar-refractivity contribution >= 4 is 24.0 Å². The number of nitrogens with zero attached hydrogens (tertiary/aromatic N) is 2. The van der Waals surface area contributed by atoms with Crippen LogP contribution >= 0.6 is 0 Å². The number of rotatable bonds is 9. The second-order valence-electron chi connectivity index (χ2n) is 7.36. The van der Waals surface area contributed by atoms with Crippen molar-refractivity contribution in [3.05, 3.63) is 84.6 Å². The first-order valence-electron chi connectivity index (χ1n) is 10.3. The van der Waals surface area contributed by atoms with E-state index in [0.717, 1.165) is 46.7 Å². The number of aromatic nitrogens is 2. The van der Waals surface area contributed by atoms with Gasteiger partial charge in [-0.3, -0.25) is 5.10 Å². The molecule has 7 nitrogen and oxygen atoms in total. The van der Waals surface area contributed by atoms with Gasteiger partial charge in [0.1, 0.15) is 24.4 Å². The standard InChI is InChI=1S/C25H24N4O3/c1-32-22-12-10-19(11-13-22)26-20(16-30)15-29-21(17-31)8-5-9-25(29)24-14-23(27-28-24)18-6-3-2-4-7-18/h2-14,16-17,20-21,26H,15H2,1H3,(H,27,28). The molecule has 2 aromatic carbocycles. The summed E-state index contributed by atoms with van der Waals surface area (Å²) in [4.78, 5) is 25.6. The molecule has 7 heteroatoms. The van der Waals surface area contributed by atoms with E-state index >= 15 is 0 Å². The highest BCUT2D eigenvalue weighted by atomic mass is 16.5. The van der Waals surface area contributed by atoms with E-state index in [2.05, 4.69) is 15.5 Å². The fourth-order valence-electron chi connectivity index (χ4n) is 3.65. The summed E-state index contributed by atoms with van der Waals surface area (Å²) in [7, 11) is 1.60. The Morgan fingerprint density at radius 3 is 2.62 bits per heavy atom. The van der Waals surface area contributed by atoms with E-state index in [4.69, 9.17) is 4.74 Å². The van der Waals surface area contributed by atoms with Crippen molar-refractivity contribution < 1.29 is 14.3 Å². The summed E-state index contributed by atoms with van der Waals surface area (Å²) in [6, 6.07) is 18.1. The second-order valence-corrected chi connectivity index (χ2v) is 7.36. The van der Waals surface area contributed by atoms with Crippen molar-refractivity contribution in [2.45, 2.75) is 12.1 Å². The zero-order valence-corrected chi connectivity index (χ0v) is 17.6. The van der Waals surface area contributed by atoms with Crippen LogP contribution in [0, 0.1) is 0 Å².